The molecule has 0 aromatic carbocycles. The molecular formula is C41H74O5. The minimum absolute atomic E-state index is 0.0723. The fraction of sp³-hybridized carbons (Fsp3) is 0.805. The Labute approximate surface area is 285 Å². The molecule has 0 aliphatic heterocycles. The van der Waals surface area contributed by atoms with E-state index in [-0.39, 0.29) is 25.2 Å². The Morgan fingerprint density at radius 2 is 0.870 bits per heavy atom. The predicted octanol–water partition coefficient (Wildman–Crippen LogP) is 12.1. The highest BCUT2D eigenvalue weighted by Crippen LogP contribution is 2.14. The van der Waals surface area contributed by atoms with Crippen molar-refractivity contribution in [2.45, 2.75) is 200 Å². The van der Waals surface area contributed by atoms with Gasteiger partial charge in [0.1, 0.15) is 6.61 Å². The van der Waals surface area contributed by atoms with E-state index in [1.807, 2.05) is 0 Å². The Kier molecular flexibility index (Phi) is 36.0. The van der Waals surface area contributed by atoms with E-state index < -0.39 is 6.10 Å². The minimum atomic E-state index is -0.779. The van der Waals surface area contributed by atoms with Crippen molar-refractivity contribution < 1.29 is 24.2 Å². The van der Waals surface area contributed by atoms with Crippen molar-refractivity contribution >= 4 is 11.9 Å². The molecule has 0 bridgehead atoms. The van der Waals surface area contributed by atoms with Crippen LogP contribution in [0.3, 0.4) is 0 Å². The molecule has 0 amide bonds. The number of rotatable bonds is 35. The number of aliphatic hydroxyl groups is 1. The summed E-state index contributed by atoms with van der Waals surface area (Å²) in [4.78, 5) is 24.2. The van der Waals surface area contributed by atoms with E-state index >= 15 is 0 Å². The molecule has 46 heavy (non-hydrogen) atoms. The summed E-state index contributed by atoms with van der Waals surface area (Å²) in [6, 6.07) is 0. The topological polar surface area (TPSA) is 72.8 Å². The van der Waals surface area contributed by atoms with Crippen molar-refractivity contribution in [2.24, 2.45) is 0 Å². The minimum Gasteiger partial charge on any atom is -0.462 e. The van der Waals surface area contributed by atoms with E-state index in [1.54, 1.807) is 0 Å². The first kappa shape index (κ1) is 44.1. The lowest BCUT2D eigenvalue weighted by atomic mass is 10.0. The maximum absolute atomic E-state index is 12.2. The maximum Gasteiger partial charge on any atom is 0.306 e. The van der Waals surface area contributed by atoms with Crippen molar-refractivity contribution in [1.29, 1.82) is 0 Å². The van der Waals surface area contributed by atoms with Crippen molar-refractivity contribution in [3.05, 3.63) is 36.5 Å². The third-order valence-electron chi connectivity index (χ3n) is 8.44. The van der Waals surface area contributed by atoms with E-state index in [4.69, 9.17) is 9.47 Å². The quantitative estimate of drug-likeness (QED) is 0.0421. The van der Waals surface area contributed by atoms with Crippen molar-refractivity contribution in [1.82, 2.24) is 0 Å². The molecule has 1 N–H and O–H groups in total. The SMILES string of the molecule is CCCCC/C=C/C/C=C/C/C=C/CCCCCCC(=O)O[C@@H](CO)COC(=O)CCCCCCCCCCCCCCCCC. The largest absolute Gasteiger partial charge is 0.462 e. The molecule has 0 saturated carbocycles. The molecule has 0 spiro atoms. The summed E-state index contributed by atoms with van der Waals surface area (Å²) >= 11 is 0. The van der Waals surface area contributed by atoms with Crippen LogP contribution in [0.5, 0.6) is 0 Å². The highest BCUT2D eigenvalue weighted by Gasteiger charge is 2.16. The second kappa shape index (κ2) is 37.6. The van der Waals surface area contributed by atoms with Gasteiger partial charge < -0.3 is 14.6 Å². The lowest BCUT2D eigenvalue weighted by Gasteiger charge is -2.15. The molecule has 0 saturated heterocycles. The van der Waals surface area contributed by atoms with Gasteiger partial charge in [0.15, 0.2) is 6.10 Å². The summed E-state index contributed by atoms with van der Waals surface area (Å²) < 4.78 is 10.6. The summed E-state index contributed by atoms with van der Waals surface area (Å²) in [6.07, 6.45) is 44.8. The Bertz CT molecular complexity index is 741. The van der Waals surface area contributed by atoms with Crippen molar-refractivity contribution in [3.63, 3.8) is 0 Å². The summed E-state index contributed by atoms with van der Waals surface area (Å²) in [5, 5.41) is 9.54. The first-order valence-corrected chi connectivity index (χ1v) is 19.5. The van der Waals surface area contributed by atoms with Gasteiger partial charge >= 0.3 is 11.9 Å². The second-order valence-electron chi connectivity index (χ2n) is 13.0. The predicted molar refractivity (Wildman–Crippen MR) is 196 cm³/mol. The number of ether oxygens (including phenoxy) is 2. The van der Waals surface area contributed by atoms with Gasteiger partial charge in [-0.3, -0.25) is 9.59 Å². The molecule has 0 aliphatic carbocycles. The van der Waals surface area contributed by atoms with Gasteiger partial charge in [-0.05, 0) is 51.4 Å². The zero-order valence-electron chi connectivity index (χ0n) is 30.3. The van der Waals surface area contributed by atoms with Gasteiger partial charge in [-0.1, -0.05) is 166 Å². The molecule has 0 unspecified atom stereocenters. The highest BCUT2D eigenvalue weighted by molar-refractivity contribution is 5.70. The van der Waals surface area contributed by atoms with Crippen LogP contribution < -0.4 is 0 Å². The van der Waals surface area contributed by atoms with Crippen LogP contribution in [0, 0.1) is 0 Å². The normalized spacial score (nSPS) is 12.5. The number of esters is 2. The van der Waals surface area contributed by atoms with Crippen LogP contribution >= 0.6 is 0 Å². The first-order valence-electron chi connectivity index (χ1n) is 19.5. The van der Waals surface area contributed by atoms with Crippen LogP contribution in [-0.4, -0.2) is 36.4 Å². The number of carbonyl (C=O) groups excluding carboxylic acids is 2. The average Bonchev–Trinajstić information content (AvgIpc) is 3.06. The summed E-state index contributed by atoms with van der Waals surface area (Å²) in [5.41, 5.74) is 0. The number of allylic oxidation sites excluding steroid dienone is 6. The smallest absolute Gasteiger partial charge is 0.306 e. The Morgan fingerprint density at radius 3 is 1.35 bits per heavy atom. The molecule has 0 fully saturated rings. The van der Waals surface area contributed by atoms with E-state index in [0.29, 0.717) is 12.8 Å². The van der Waals surface area contributed by atoms with E-state index in [2.05, 4.69) is 50.3 Å². The van der Waals surface area contributed by atoms with Crippen molar-refractivity contribution in [2.75, 3.05) is 13.2 Å². The fourth-order valence-electron chi connectivity index (χ4n) is 5.44. The molecule has 0 radical (unpaired) electrons. The van der Waals surface area contributed by atoms with Crippen LogP contribution in [0.4, 0.5) is 0 Å². The van der Waals surface area contributed by atoms with Gasteiger partial charge in [-0.25, -0.2) is 0 Å². The first-order chi connectivity index (χ1) is 22.6. The third-order valence-corrected chi connectivity index (χ3v) is 8.44. The van der Waals surface area contributed by atoms with Crippen LogP contribution in [0.2, 0.25) is 0 Å². The molecule has 5 nitrogen and oxygen atoms in total. The summed E-state index contributed by atoms with van der Waals surface area (Å²) in [6.45, 7) is 4.09. The summed E-state index contributed by atoms with van der Waals surface area (Å²) in [5.74, 6) is -0.611. The van der Waals surface area contributed by atoms with E-state index in [9.17, 15) is 14.7 Å². The molecule has 0 aromatic rings. The summed E-state index contributed by atoms with van der Waals surface area (Å²) in [7, 11) is 0. The van der Waals surface area contributed by atoms with Gasteiger partial charge in [0, 0.05) is 12.8 Å². The van der Waals surface area contributed by atoms with Crippen LogP contribution in [-0.2, 0) is 19.1 Å². The number of aliphatic hydroxyl groups excluding tert-OH is 1. The highest BCUT2D eigenvalue weighted by atomic mass is 16.6. The number of unbranched alkanes of at least 4 members (excludes halogenated alkanes) is 21. The fourth-order valence-corrected chi connectivity index (χ4v) is 5.44. The molecule has 0 heterocycles. The lowest BCUT2D eigenvalue weighted by Crippen LogP contribution is -2.28. The van der Waals surface area contributed by atoms with Gasteiger partial charge in [0.05, 0.1) is 6.61 Å². The molecule has 0 aliphatic rings. The Balaban J connectivity index is 3.59. The van der Waals surface area contributed by atoms with Gasteiger partial charge in [-0.2, -0.15) is 0 Å². The van der Waals surface area contributed by atoms with Crippen molar-refractivity contribution in [3.8, 4) is 0 Å². The zero-order valence-corrected chi connectivity index (χ0v) is 30.3. The molecular weight excluding hydrogens is 572 g/mol. The third kappa shape index (κ3) is 35.0. The molecule has 5 heteroatoms. The van der Waals surface area contributed by atoms with Gasteiger partial charge in [-0.15, -0.1) is 0 Å². The standard InChI is InChI=1S/C41H74O5/c1-3-5-7-9-11-13-15-17-19-20-22-24-26-28-30-32-34-36-41(44)46-39(37-42)38-45-40(43)35-33-31-29-27-25-23-21-18-16-14-12-10-8-6-4-2/h11,13,17,19,22,24,39,42H,3-10,12,14-16,18,20-21,23,25-38H2,1-2H3/b13-11+,19-17+,24-22+/t39-/m0/s1. The Hall–Kier alpha value is -1.88. The maximum atomic E-state index is 12.2. The number of carbonyl (C=O) groups is 2. The average molecular weight is 647 g/mol. The monoisotopic (exact) mass is 647 g/mol. The van der Waals surface area contributed by atoms with Crippen LogP contribution in [0.1, 0.15) is 194 Å². The van der Waals surface area contributed by atoms with Gasteiger partial charge in [0.25, 0.3) is 0 Å². The number of hydrogen-bond acceptors (Lipinski definition) is 5. The Morgan fingerprint density at radius 1 is 0.500 bits per heavy atom. The lowest BCUT2D eigenvalue weighted by molar-refractivity contribution is -0.161. The van der Waals surface area contributed by atoms with E-state index in [0.717, 1.165) is 64.2 Å². The van der Waals surface area contributed by atoms with Crippen LogP contribution in [0.25, 0.3) is 0 Å². The zero-order chi connectivity index (χ0) is 33.6. The van der Waals surface area contributed by atoms with E-state index in [1.165, 1.54) is 103 Å². The van der Waals surface area contributed by atoms with Gasteiger partial charge in [0.2, 0.25) is 0 Å². The number of hydrogen-bond donors (Lipinski definition) is 1. The second-order valence-corrected chi connectivity index (χ2v) is 13.0. The molecule has 268 valence electrons. The molecule has 1 atom stereocenters. The van der Waals surface area contributed by atoms with Crippen LogP contribution in [0.15, 0.2) is 36.5 Å². The molecule has 0 rings (SSSR count). The molecule has 0 aromatic heterocycles.